The summed E-state index contributed by atoms with van der Waals surface area (Å²) in [4.78, 5) is 11.8. The van der Waals surface area contributed by atoms with Gasteiger partial charge in [0.1, 0.15) is 6.54 Å². The van der Waals surface area contributed by atoms with Crippen molar-refractivity contribution in [3.05, 3.63) is 34.4 Å². The van der Waals surface area contributed by atoms with E-state index in [0.717, 1.165) is 17.3 Å². The highest BCUT2D eigenvalue weighted by Crippen LogP contribution is 2.28. The van der Waals surface area contributed by atoms with Crippen molar-refractivity contribution in [3.63, 3.8) is 0 Å². The van der Waals surface area contributed by atoms with E-state index in [2.05, 4.69) is 5.32 Å². The Morgan fingerprint density at radius 1 is 1.40 bits per heavy atom. The summed E-state index contributed by atoms with van der Waals surface area (Å²) in [6.45, 7) is 1.48. The third kappa shape index (κ3) is 3.66. The van der Waals surface area contributed by atoms with Gasteiger partial charge in [0.25, 0.3) is 0 Å². The minimum Gasteiger partial charge on any atom is -0.385 e. The summed E-state index contributed by atoms with van der Waals surface area (Å²) in [7, 11) is 1.64. The number of rotatable bonds is 6. The van der Waals surface area contributed by atoms with Gasteiger partial charge in [0.05, 0.1) is 10.5 Å². The molecule has 20 heavy (non-hydrogen) atoms. The van der Waals surface area contributed by atoms with Gasteiger partial charge in [-0.2, -0.15) is 0 Å². The Bertz CT molecular complexity index is 610. The second-order valence-corrected chi connectivity index (χ2v) is 5.30. The monoisotopic (exact) mass is 314 g/mol. The number of methoxy groups -OCH3 is 1. The highest BCUT2D eigenvalue weighted by Gasteiger charge is 2.09. The van der Waals surface area contributed by atoms with E-state index in [1.807, 2.05) is 16.8 Å². The zero-order chi connectivity index (χ0) is 14.5. The molecule has 108 valence electrons. The van der Waals surface area contributed by atoms with Crippen LogP contribution in [0.25, 0.3) is 10.9 Å². The zero-order valence-corrected chi connectivity index (χ0v) is 12.7. The summed E-state index contributed by atoms with van der Waals surface area (Å²) >= 11 is 12.1. The molecule has 0 atom stereocenters. The molecule has 0 bridgehead atoms. The number of hydrogen-bond donors (Lipinski definition) is 1. The van der Waals surface area contributed by atoms with Crippen molar-refractivity contribution in [3.8, 4) is 0 Å². The normalized spacial score (nSPS) is 10.9. The predicted octanol–water partition coefficient (Wildman–Crippen LogP) is 3.10. The van der Waals surface area contributed by atoms with Crippen LogP contribution >= 0.6 is 23.2 Å². The van der Waals surface area contributed by atoms with Gasteiger partial charge in [-0.05, 0) is 24.6 Å². The van der Waals surface area contributed by atoms with Crippen LogP contribution < -0.4 is 5.32 Å². The van der Waals surface area contributed by atoms with E-state index in [-0.39, 0.29) is 12.5 Å². The van der Waals surface area contributed by atoms with Gasteiger partial charge in [0.2, 0.25) is 5.91 Å². The zero-order valence-electron chi connectivity index (χ0n) is 11.2. The van der Waals surface area contributed by atoms with Gasteiger partial charge in [0.15, 0.2) is 0 Å². The van der Waals surface area contributed by atoms with Crippen molar-refractivity contribution in [2.45, 2.75) is 13.0 Å². The lowest BCUT2D eigenvalue weighted by molar-refractivity contribution is -0.121. The summed E-state index contributed by atoms with van der Waals surface area (Å²) in [6.07, 6.45) is 2.63. The minimum atomic E-state index is -0.0466. The molecule has 2 rings (SSSR count). The predicted molar refractivity (Wildman–Crippen MR) is 81.5 cm³/mol. The van der Waals surface area contributed by atoms with Crippen molar-refractivity contribution >= 4 is 40.0 Å². The molecule has 4 nitrogen and oxygen atoms in total. The van der Waals surface area contributed by atoms with E-state index < -0.39 is 0 Å². The lowest BCUT2D eigenvalue weighted by Crippen LogP contribution is -2.28. The van der Waals surface area contributed by atoms with Gasteiger partial charge in [-0.25, -0.2) is 0 Å². The number of nitrogens with one attached hydrogen (secondary N) is 1. The SMILES string of the molecule is COCCCNC(=O)Cn1ccc2c(Cl)cc(Cl)cc21. The molecule has 0 spiro atoms. The first-order valence-corrected chi connectivity index (χ1v) is 7.07. The molecule has 0 unspecified atom stereocenters. The van der Waals surface area contributed by atoms with Crippen LogP contribution in [0.1, 0.15) is 6.42 Å². The number of benzene rings is 1. The minimum absolute atomic E-state index is 0.0466. The Hall–Kier alpha value is -1.23. The fourth-order valence-electron chi connectivity index (χ4n) is 2.01. The Morgan fingerprint density at radius 3 is 2.95 bits per heavy atom. The molecule has 0 aliphatic rings. The van der Waals surface area contributed by atoms with Crippen molar-refractivity contribution < 1.29 is 9.53 Å². The summed E-state index contributed by atoms with van der Waals surface area (Å²) in [6, 6.07) is 5.38. The maximum absolute atomic E-state index is 11.8. The average Bonchev–Trinajstić information content (AvgIpc) is 2.78. The van der Waals surface area contributed by atoms with Crippen LogP contribution in [0.3, 0.4) is 0 Å². The molecule has 0 fully saturated rings. The number of nitrogens with zero attached hydrogens (tertiary/aromatic N) is 1. The first-order chi connectivity index (χ1) is 9.61. The second kappa shape index (κ2) is 6.97. The highest BCUT2D eigenvalue weighted by molar-refractivity contribution is 6.38. The van der Waals surface area contributed by atoms with Crippen LogP contribution in [-0.4, -0.2) is 30.7 Å². The largest absolute Gasteiger partial charge is 0.385 e. The van der Waals surface area contributed by atoms with Crippen molar-refractivity contribution in [1.82, 2.24) is 9.88 Å². The molecule has 1 amide bonds. The molecular weight excluding hydrogens is 299 g/mol. The quantitative estimate of drug-likeness (QED) is 0.833. The molecular formula is C14H16Cl2N2O2. The lowest BCUT2D eigenvalue weighted by atomic mass is 10.2. The Kier molecular flexibility index (Phi) is 5.29. The maximum atomic E-state index is 11.8. The fourth-order valence-corrected chi connectivity index (χ4v) is 2.56. The Labute approximate surface area is 127 Å². The van der Waals surface area contributed by atoms with Crippen LogP contribution in [0, 0.1) is 0 Å². The molecule has 6 heteroatoms. The molecule has 1 aromatic carbocycles. The van der Waals surface area contributed by atoms with Crippen LogP contribution in [-0.2, 0) is 16.1 Å². The number of aromatic nitrogens is 1. The third-order valence-corrected chi connectivity index (χ3v) is 3.50. The number of carbonyl (C=O) groups is 1. The van der Waals surface area contributed by atoms with E-state index in [9.17, 15) is 4.79 Å². The van der Waals surface area contributed by atoms with Crippen LogP contribution in [0.15, 0.2) is 24.4 Å². The standard InChI is InChI=1S/C14H16Cl2N2O2/c1-20-6-2-4-17-14(19)9-18-5-3-11-12(16)7-10(15)8-13(11)18/h3,5,7-8H,2,4,6,9H2,1H3,(H,17,19). The van der Waals surface area contributed by atoms with E-state index in [1.54, 1.807) is 19.2 Å². The molecule has 0 aliphatic heterocycles. The molecule has 0 aliphatic carbocycles. The van der Waals surface area contributed by atoms with Crippen LogP contribution in [0.5, 0.6) is 0 Å². The molecule has 0 saturated carbocycles. The highest BCUT2D eigenvalue weighted by atomic mass is 35.5. The molecule has 2 aromatic rings. The van der Waals surface area contributed by atoms with Gasteiger partial charge in [0, 0.05) is 36.9 Å². The number of hydrogen-bond acceptors (Lipinski definition) is 2. The molecule has 1 aromatic heterocycles. The van der Waals surface area contributed by atoms with Gasteiger partial charge in [-0.3, -0.25) is 4.79 Å². The first-order valence-electron chi connectivity index (χ1n) is 6.31. The van der Waals surface area contributed by atoms with E-state index in [1.165, 1.54) is 0 Å². The molecule has 0 saturated heterocycles. The van der Waals surface area contributed by atoms with Crippen molar-refractivity contribution in [2.24, 2.45) is 0 Å². The van der Waals surface area contributed by atoms with Gasteiger partial charge < -0.3 is 14.6 Å². The smallest absolute Gasteiger partial charge is 0.239 e. The molecule has 1 heterocycles. The number of amides is 1. The average molecular weight is 315 g/mol. The van der Waals surface area contributed by atoms with Crippen molar-refractivity contribution in [1.29, 1.82) is 0 Å². The fraction of sp³-hybridized carbons (Fsp3) is 0.357. The second-order valence-electron chi connectivity index (χ2n) is 4.46. The summed E-state index contributed by atoms with van der Waals surface area (Å²) in [5, 5.41) is 4.88. The van der Waals surface area contributed by atoms with E-state index in [4.69, 9.17) is 27.9 Å². The molecule has 1 N–H and O–H groups in total. The summed E-state index contributed by atoms with van der Waals surface area (Å²) < 4.78 is 6.76. The number of fused-ring (bicyclic) bond motifs is 1. The number of carbonyl (C=O) groups excluding carboxylic acids is 1. The Balaban J connectivity index is 2.04. The maximum Gasteiger partial charge on any atom is 0.239 e. The number of ether oxygens (including phenoxy) is 1. The molecule has 0 radical (unpaired) electrons. The van der Waals surface area contributed by atoms with E-state index in [0.29, 0.717) is 23.2 Å². The third-order valence-electron chi connectivity index (χ3n) is 2.96. The summed E-state index contributed by atoms with van der Waals surface area (Å²) in [5.41, 5.74) is 0.856. The van der Waals surface area contributed by atoms with Crippen LogP contribution in [0.4, 0.5) is 0 Å². The van der Waals surface area contributed by atoms with Gasteiger partial charge in [-0.1, -0.05) is 23.2 Å². The van der Waals surface area contributed by atoms with Gasteiger partial charge >= 0.3 is 0 Å². The lowest BCUT2D eigenvalue weighted by Gasteiger charge is -2.07. The van der Waals surface area contributed by atoms with E-state index >= 15 is 0 Å². The Morgan fingerprint density at radius 2 is 2.20 bits per heavy atom. The first kappa shape index (κ1) is 15.2. The van der Waals surface area contributed by atoms with Gasteiger partial charge in [-0.15, -0.1) is 0 Å². The topological polar surface area (TPSA) is 43.3 Å². The number of halogens is 2. The van der Waals surface area contributed by atoms with Crippen LogP contribution in [0.2, 0.25) is 10.0 Å². The van der Waals surface area contributed by atoms with Crippen molar-refractivity contribution in [2.75, 3.05) is 20.3 Å². The summed E-state index contributed by atoms with van der Waals surface area (Å²) in [5.74, 6) is -0.0466.